The van der Waals surface area contributed by atoms with Gasteiger partial charge in [-0.05, 0) is 60.8 Å². The number of amides is 1. The summed E-state index contributed by atoms with van der Waals surface area (Å²) >= 11 is 1.69. The lowest BCUT2D eigenvalue weighted by atomic mass is 9.72. The van der Waals surface area contributed by atoms with Crippen molar-refractivity contribution in [2.45, 2.75) is 47.0 Å². The molecule has 0 aliphatic heterocycles. The molecule has 2 aromatic rings. The van der Waals surface area contributed by atoms with E-state index in [-0.39, 0.29) is 11.7 Å². The van der Waals surface area contributed by atoms with Crippen molar-refractivity contribution in [2.75, 3.05) is 5.32 Å². The third kappa shape index (κ3) is 3.34. The van der Waals surface area contributed by atoms with Crippen molar-refractivity contribution in [3.05, 3.63) is 45.1 Å². The van der Waals surface area contributed by atoms with Gasteiger partial charge in [0, 0.05) is 10.3 Å². The highest BCUT2D eigenvalue weighted by molar-refractivity contribution is 7.10. The zero-order valence-corrected chi connectivity index (χ0v) is 15.6. The number of phenols is 1. The molecule has 3 nitrogen and oxygen atoms in total. The molecule has 1 aromatic carbocycles. The zero-order valence-electron chi connectivity index (χ0n) is 14.8. The fourth-order valence-corrected chi connectivity index (χ4v) is 4.54. The number of nitrogens with one attached hydrogen (secondary N) is 1. The molecule has 0 fully saturated rings. The standard InChI is InChI=1S/C20H25NO2S/c1-12-5-8-16(17(22)9-12)21-19(23)15-11-24-18-10-13(20(2,3)4)6-7-14(15)18/h5,8-9,11,13,22H,6-7,10H2,1-4H3,(H,21,23). The topological polar surface area (TPSA) is 49.3 Å². The van der Waals surface area contributed by atoms with E-state index >= 15 is 0 Å². The van der Waals surface area contributed by atoms with Gasteiger partial charge >= 0.3 is 0 Å². The van der Waals surface area contributed by atoms with Crippen molar-refractivity contribution in [3.63, 3.8) is 0 Å². The van der Waals surface area contributed by atoms with Gasteiger partial charge < -0.3 is 10.4 Å². The van der Waals surface area contributed by atoms with Gasteiger partial charge in [-0.25, -0.2) is 0 Å². The molecule has 1 aliphatic rings. The number of phenolic OH excluding ortho intramolecular Hbond substituents is 1. The minimum atomic E-state index is -0.124. The fraction of sp³-hybridized carbons (Fsp3) is 0.450. The molecule has 1 amide bonds. The monoisotopic (exact) mass is 343 g/mol. The SMILES string of the molecule is Cc1ccc(NC(=O)c2csc3c2CCC(C(C)(C)C)C3)c(O)c1. The van der Waals surface area contributed by atoms with Crippen LogP contribution in [0.5, 0.6) is 5.75 Å². The van der Waals surface area contributed by atoms with E-state index in [2.05, 4.69) is 26.1 Å². The Morgan fingerprint density at radius 3 is 2.75 bits per heavy atom. The minimum Gasteiger partial charge on any atom is -0.506 e. The summed E-state index contributed by atoms with van der Waals surface area (Å²) in [6.07, 6.45) is 3.15. The molecular formula is C20H25NO2S. The quantitative estimate of drug-likeness (QED) is 0.740. The summed E-state index contributed by atoms with van der Waals surface area (Å²) in [4.78, 5) is 14.0. The van der Waals surface area contributed by atoms with E-state index < -0.39 is 0 Å². The highest BCUT2D eigenvalue weighted by Gasteiger charge is 2.31. The van der Waals surface area contributed by atoms with Crippen LogP contribution in [0.15, 0.2) is 23.6 Å². The van der Waals surface area contributed by atoms with E-state index in [0.717, 1.165) is 30.4 Å². The second-order valence-electron chi connectivity index (χ2n) is 7.83. The number of aromatic hydroxyl groups is 1. The van der Waals surface area contributed by atoms with Crippen LogP contribution in [0.2, 0.25) is 0 Å². The first-order chi connectivity index (χ1) is 11.3. The molecule has 4 heteroatoms. The highest BCUT2D eigenvalue weighted by atomic mass is 32.1. The lowest BCUT2D eigenvalue weighted by Gasteiger charge is -2.34. The molecule has 0 saturated heterocycles. The van der Waals surface area contributed by atoms with Crippen LogP contribution in [0.4, 0.5) is 5.69 Å². The number of rotatable bonds is 2. The molecule has 1 aromatic heterocycles. The summed E-state index contributed by atoms with van der Waals surface area (Å²) in [6, 6.07) is 5.29. The zero-order chi connectivity index (χ0) is 17.5. The van der Waals surface area contributed by atoms with Crippen LogP contribution < -0.4 is 5.32 Å². The Bertz CT molecular complexity index is 770. The summed E-state index contributed by atoms with van der Waals surface area (Å²) < 4.78 is 0. The molecule has 0 spiro atoms. The van der Waals surface area contributed by atoms with Gasteiger partial charge in [0.05, 0.1) is 11.3 Å². The third-order valence-corrected chi connectivity index (χ3v) is 6.08. The number of thiophene rings is 1. The average Bonchev–Trinajstić information content (AvgIpc) is 2.92. The summed E-state index contributed by atoms with van der Waals surface area (Å²) in [5.74, 6) is 0.654. The largest absolute Gasteiger partial charge is 0.506 e. The number of anilines is 1. The molecule has 1 heterocycles. The van der Waals surface area contributed by atoms with Crippen LogP contribution in [-0.4, -0.2) is 11.0 Å². The predicted octanol–water partition coefficient (Wildman–Crippen LogP) is 5.17. The fourth-order valence-electron chi connectivity index (χ4n) is 3.38. The van der Waals surface area contributed by atoms with Crippen molar-refractivity contribution in [1.29, 1.82) is 0 Å². The van der Waals surface area contributed by atoms with Crippen molar-refractivity contribution in [2.24, 2.45) is 11.3 Å². The summed E-state index contributed by atoms with van der Waals surface area (Å²) in [7, 11) is 0. The summed E-state index contributed by atoms with van der Waals surface area (Å²) in [5, 5.41) is 14.8. The van der Waals surface area contributed by atoms with Gasteiger partial charge in [0.1, 0.15) is 5.75 Å². The Labute approximate surface area is 147 Å². The van der Waals surface area contributed by atoms with Gasteiger partial charge in [-0.2, -0.15) is 0 Å². The van der Waals surface area contributed by atoms with E-state index in [9.17, 15) is 9.90 Å². The second kappa shape index (κ2) is 6.25. The van der Waals surface area contributed by atoms with E-state index in [1.807, 2.05) is 18.4 Å². The Hall–Kier alpha value is -1.81. The Kier molecular flexibility index (Phi) is 4.43. The normalized spacial score (nSPS) is 17.4. The maximum absolute atomic E-state index is 12.6. The molecule has 0 saturated carbocycles. The lowest BCUT2D eigenvalue weighted by Crippen LogP contribution is -2.27. The Balaban J connectivity index is 1.79. The van der Waals surface area contributed by atoms with Gasteiger partial charge in [-0.3, -0.25) is 4.79 Å². The first kappa shape index (κ1) is 17.0. The minimum absolute atomic E-state index is 0.111. The lowest BCUT2D eigenvalue weighted by molar-refractivity contribution is 0.102. The maximum atomic E-state index is 12.6. The summed E-state index contributed by atoms with van der Waals surface area (Å²) in [5.41, 5.74) is 3.70. The maximum Gasteiger partial charge on any atom is 0.256 e. The predicted molar refractivity (Wildman–Crippen MR) is 100 cm³/mol. The average molecular weight is 343 g/mol. The molecule has 2 N–H and O–H groups in total. The second-order valence-corrected chi connectivity index (χ2v) is 8.80. The van der Waals surface area contributed by atoms with E-state index in [0.29, 0.717) is 17.0 Å². The third-order valence-electron chi connectivity index (χ3n) is 5.03. The van der Waals surface area contributed by atoms with E-state index in [1.165, 1.54) is 10.4 Å². The van der Waals surface area contributed by atoms with Crippen LogP contribution >= 0.6 is 11.3 Å². The molecule has 128 valence electrons. The summed E-state index contributed by atoms with van der Waals surface area (Å²) in [6.45, 7) is 8.80. The van der Waals surface area contributed by atoms with Gasteiger partial charge in [0.15, 0.2) is 0 Å². The molecule has 3 rings (SSSR count). The number of hydrogen-bond acceptors (Lipinski definition) is 3. The van der Waals surface area contributed by atoms with Crippen molar-refractivity contribution < 1.29 is 9.90 Å². The molecule has 1 atom stereocenters. The van der Waals surface area contributed by atoms with E-state index in [1.54, 1.807) is 23.5 Å². The highest BCUT2D eigenvalue weighted by Crippen LogP contribution is 2.40. The van der Waals surface area contributed by atoms with Crippen LogP contribution in [-0.2, 0) is 12.8 Å². The number of fused-ring (bicyclic) bond motifs is 1. The Morgan fingerprint density at radius 2 is 2.08 bits per heavy atom. The van der Waals surface area contributed by atoms with Gasteiger partial charge in [-0.1, -0.05) is 26.8 Å². The van der Waals surface area contributed by atoms with Gasteiger partial charge in [0.25, 0.3) is 5.91 Å². The van der Waals surface area contributed by atoms with Crippen LogP contribution in [0.3, 0.4) is 0 Å². The molecular weight excluding hydrogens is 318 g/mol. The molecule has 24 heavy (non-hydrogen) atoms. The number of benzene rings is 1. The Morgan fingerprint density at radius 1 is 1.33 bits per heavy atom. The van der Waals surface area contributed by atoms with Crippen LogP contribution in [0.25, 0.3) is 0 Å². The number of carbonyl (C=O) groups is 1. The van der Waals surface area contributed by atoms with Crippen LogP contribution in [0, 0.1) is 18.3 Å². The number of carbonyl (C=O) groups excluding carboxylic acids is 1. The van der Waals surface area contributed by atoms with Crippen molar-refractivity contribution in [1.82, 2.24) is 0 Å². The number of hydrogen-bond donors (Lipinski definition) is 2. The van der Waals surface area contributed by atoms with Crippen molar-refractivity contribution in [3.8, 4) is 5.75 Å². The first-order valence-corrected chi connectivity index (χ1v) is 9.34. The molecule has 0 radical (unpaired) electrons. The van der Waals surface area contributed by atoms with Gasteiger partial charge in [0.2, 0.25) is 0 Å². The van der Waals surface area contributed by atoms with Crippen LogP contribution in [0.1, 0.15) is 53.6 Å². The first-order valence-electron chi connectivity index (χ1n) is 8.46. The van der Waals surface area contributed by atoms with E-state index in [4.69, 9.17) is 0 Å². The van der Waals surface area contributed by atoms with Gasteiger partial charge in [-0.15, -0.1) is 11.3 Å². The smallest absolute Gasteiger partial charge is 0.256 e. The molecule has 1 aliphatic carbocycles. The number of aryl methyl sites for hydroxylation is 1. The molecule has 1 unspecified atom stereocenters. The molecule has 0 bridgehead atoms. The van der Waals surface area contributed by atoms with Crippen molar-refractivity contribution >= 4 is 22.9 Å².